The molecular weight excluding hydrogens is 450 g/mol. The van der Waals surface area contributed by atoms with Crippen LogP contribution >= 0.6 is 0 Å². The molecule has 0 aromatic heterocycles. The molecule has 3 nitrogen and oxygen atoms in total. The van der Waals surface area contributed by atoms with E-state index in [0.717, 1.165) is 41.3 Å². The van der Waals surface area contributed by atoms with E-state index in [9.17, 15) is 39.9 Å². The van der Waals surface area contributed by atoms with Crippen molar-refractivity contribution in [1.82, 2.24) is 4.90 Å². The van der Waals surface area contributed by atoms with Crippen LogP contribution in [0.15, 0.2) is 48.5 Å². The maximum Gasteiger partial charge on any atom is 0.416 e. The summed E-state index contributed by atoms with van der Waals surface area (Å²) in [7, 11) is 0. The fourth-order valence-corrected chi connectivity index (χ4v) is 3.45. The minimum atomic E-state index is -4.62. The second kappa shape index (κ2) is 8.68. The SMILES string of the molecule is O=C(OCc1cccc(C(F)(F)F)c1)[C@H]1CC(F)(F)CN1Cc1cccc(C(F)(F)F)c1. The van der Waals surface area contributed by atoms with Crippen molar-refractivity contribution in [2.75, 3.05) is 6.54 Å². The molecule has 32 heavy (non-hydrogen) atoms. The second-order valence-corrected chi connectivity index (χ2v) is 7.48. The molecule has 1 heterocycles. The van der Waals surface area contributed by atoms with Gasteiger partial charge < -0.3 is 4.74 Å². The number of benzene rings is 2. The van der Waals surface area contributed by atoms with Gasteiger partial charge in [-0.25, -0.2) is 8.78 Å². The highest BCUT2D eigenvalue weighted by Crippen LogP contribution is 2.35. The van der Waals surface area contributed by atoms with Gasteiger partial charge in [0.05, 0.1) is 17.7 Å². The predicted octanol–water partition coefficient (Wildman–Crippen LogP) is 5.68. The molecule has 11 heteroatoms. The van der Waals surface area contributed by atoms with Crippen LogP contribution in [0, 0.1) is 0 Å². The summed E-state index contributed by atoms with van der Waals surface area (Å²) >= 11 is 0. The van der Waals surface area contributed by atoms with Crippen molar-refractivity contribution in [2.45, 2.75) is 43.9 Å². The molecule has 2 aromatic carbocycles. The molecule has 0 amide bonds. The Balaban J connectivity index is 1.71. The first-order valence-corrected chi connectivity index (χ1v) is 9.35. The molecule has 1 aliphatic rings. The molecule has 0 spiro atoms. The number of halogens is 8. The van der Waals surface area contributed by atoms with E-state index in [-0.39, 0.29) is 17.7 Å². The monoisotopic (exact) mass is 467 g/mol. The number of likely N-dealkylation sites (tertiary alicyclic amines) is 1. The molecule has 3 rings (SSSR count). The smallest absolute Gasteiger partial charge is 0.416 e. The fourth-order valence-electron chi connectivity index (χ4n) is 3.45. The van der Waals surface area contributed by atoms with E-state index in [1.54, 1.807) is 0 Å². The Morgan fingerprint density at radius 3 is 2.03 bits per heavy atom. The molecule has 1 atom stereocenters. The highest BCUT2D eigenvalue weighted by Gasteiger charge is 2.48. The Morgan fingerprint density at radius 2 is 1.47 bits per heavy atom. The van der Waals surface area contributed by atoms with Gasteiger partial charge >= 0.3 is 18.3 Å². The van der Waals surface area contributed by atoms with Gasteiger partial charge in [0.25, 0.3) is 5.92 Å². The third kappa shape index (κ3) is 5.96. The van der Waals surface area contributed by atoms with Crippen LogP contribution in [0.4, 0.5) is 35.1 Å². The molecule has 2 aromatic rings. The van der Waals surface area contributed by atoms with Crippen molar-refractivity contribution in [3.05, 3.63) is 70.8 Å². The lowest BCUT2D eigenvalue weighted by atomic mass is 10.1. The zero-order valence-electron chi connectivity index (χ0n) is 16.3. The van der Waals surface area contributed by atoms with Gasteiger partial charge in [-0.1, -0.05) is 30.3 Å². The van der Waals surface area contributed by atoms with Crippen molar-refractivity contribution in [1.29, 1.82) is 0 Å². The van der Waals surface area contributed by atoms with Crippen molar-refractivity contribution in [3.8, 4) is 0 Å². The topological polar surface area (TPSA) is 29.5 Å². The van der Waals surface area contributed by atoms with Crippen LogP contribution in [0.5, 0.6) is 0 Å². The van der Waals surface area contributed by atoms with Gasteiger partial charge in [0.1, 0.15) is 12.6 Å². The zero-order chi connectivity index (χ0) is 23.7. The number of carbonyl (C=O) groups is 1. The van der Waals surface area contributed by atoms with Gasteiger partial charge in [-0.15, -0.1) is 0 Å². The molecule has 0 N–H and O–H groups in total. The number of alkyl halides is 8. The largest absolute Gasteiger partial charge is 0.460 e. The Hall–Kier alpha value is -2.69. The van der Waals surface area contributed by atoms with E-state index < -0.39 is 61.0 Å². The minimum Gasteiger partial charge on any atom is -0.460 e. The Labute approximate surface area is 177 Å². The van der Waals surface area contributed by atoms with Crippen LogP contribution < -0.4 is 0 Å². The van der Waals surface area contributed by atoms with Crippen LogP contribution in [-0.4, -0.2) is 29.4 Å². The first-order chi connectivity index (χ1) is 14.7. The van der Waals surface area contributed by atoms with Gasteiger partial charge in [-0.2, -0.15) is 26.3 Å². The van der Waals surface area contributed by atoms with Crippen molar-refractivity contribution < 1.29 is 44.7 Å². The van der Waals surface area contributed by atoms with Crippen LogP contribution in [-0.2, 0) is 35.0 Å². The van der Waals surface area contributed by atoms with Crippen LogP contribution in [0.3, 0.4) is 0 Å². The molecule has 1 aliphatic heterocycles. The summed E-state index contributed by atoms with van der Waals surface area (Å²) in [6, 6.07) is 6.65. The molecule has 0 radical (unpaired) electrons. The predicted molar refractivity (Wildman–Crippen MR) is 96.4 cm³/mol. The van der Waals surface area contributed by atoms with E-state index in [1.165, 1.54) is 12.1 Å². The minimum absolute atomic E-state index is 0.0161. The summed E-state index contributed by atoms with van der Waals surface area (Å²) < 4.78 is 110. The fraction of sp³-hybridized carbons (Fsp3) is 0.381. The average Bonchev–Trinajstić information content (AvgIpc) is 2.99. The third-order valence-electron chi connectivity index (χ3n) is 4.91. The van der Waals surface area contributed by atoms with Crippen molar-refractivity contribution >= 4 is 5.97 Å². The summed E-state index contributed by atoms with van der Waals surface area (Å²) in [6.45, 7) is -1.79. The maximum atomic E-state index is 14.0. The Morgan fingerprint density at radius 1 is 0.938 bits per heavy atom. The van der Waals surface area contributed by atoms with E-state index in [2.05, 4.69) is 0 Å². The van der Waals surface area contributed by atoms with Gasteiger partial charge in [-0.05, 0) is 29.3 Å². The lowest BCUT2D eigenvalue weighted by molar-refractivity contribution is -0.150. The summed E-state index contributed by atoms with van der Waals surface area (Å²) in [5.41, 5.74) is -1.81. The van der Waals surface area contributed by atoms with E-state index in [0.29, 0.717) is 0 Å². The number of hydrogen-bond donors (Lipinski definition) is 0. The first kappa shape index (κ1) is 24.0. The number of nitrogens with zero attached hydrogens (tertiary/aromatic N) is 1. The molecule has 0 bridgehead atoms. The summed E-state index contributed by atoms with van der Waals surface area (Å²) in [5.74, 6) is -4.37. The van der Waals surface area contributed by atoms with Crippen LogP contribution in [0.1, 0.15) is 28.7 Å². The Bertz CT molecular complexity index is 971. The first-order valence-electron chi connectivity index (χ1n) is 9.35. The molecule has 1 fully saturated rings. The Kier molecular flexibility index (Phi) is 6.50. The number of hydrogen-bond acceptors (Lipinski definition) is 3. The third-order valence-corrected chi connectivity index (χ3v) is 4.91. The quantitative estimate of drug-likeness (QED) is 0.419. The van der Waals surface area contributed by atoms with E-state index >= 15 is 0 Å². The van der Waals surface area contributed by atoms with Crippen LogP contribution in [0.2, 0.25) is 0 Å². The lowest BCUT2D eigenvalue weighted by Crippen LogP contribution is -2.37. The van der Waals surface area contributed by atoms with Crippen LogP contribution in [0.25, 0.3) is 0 Å². The van der Waals surface area contributed by atoms with Gasteiger partial charge in [0.15, 0.2) is 0 Å². The zero-order valence-corrected chi connectivity index (χ0v) is 16.3. The van der Waals surface area contributed by atoms with Gasteiger partial charge in [-0.3, -0.25) is 9.69 Å². The summed E-state index contributed by atoms with van der Waals surface area (Å²) in [6.07, 6.45) is -10.1. The molecular formula is C21H17F8NO2. The summed E-state index contributed by atoms with van der Waals surface area (Å²) in [4.78, 5) is 13.4. The maximum absolute atomic E-state index is 14.0. The van der Waals surface area contributed by atoms with E-state index in [1.807, 2.05) is 0 Å². The standard InChI is InChI=1S/C21H17F8NO2/c22-19(23)9-17(18(31)32-11-14-4-2-6-16(8-14)21(27,28)29)30(12-19)10-13-3-1-5-15(7-13)20(24,25)26/h1-8,17H,9-12H2/t17-/m1/s1. The average molecular weight is 467 g/mol. The molecule has 0 saturated carbocycles. The number of ether oxygens (including phenoxy) is 1. The number of carbonyl (C=O) groups excluding carboxylic acids is 1. The van der Waals surface area contributed by atoms with E-state index in [4.69, 9.17) is 4.74 Å². The van der Waals surface area contributed by atoms with Gasteiger partial charge in [0, 0.05) is 13.0 Å². The number of esters is 1. The second-order valence-electron chi connectivity index (χ2n) is 7.48. The number of rotatable bonds is 5. The van der Waals surface area contributed by atoms with Crippen molar-refractivity contribution in [3.63, 3.8) is 0 Å². The molecule has 174 valence electrons. The molecule has 1 saturated heterocycles. The van der Waals surface area contributed by atoms with Crippen molar-refractivity contribution in [2.24, 2.45) is 0 Å². The molecule has 0 aliphatic carbocycles. The highest BCUT2D eigenvalue weighted by atomic mass is 19.4. The normalized spacial score (nSPS) is 19.2. The molecule has 0 unspecified atom stereocenters. The van der Waals surface area contributed by atoms with Gasteiger partial charge in [0.2, 0.25) is 0 Å². The highest BCUT2D eigenvalue weighted by molar-refractivity contribution is 5.76. The summed E-state index contributed by atoms with van der Waals surface area (Å²) in [5, 5.41) is 0. The lowest BCUT2D eigenvalue weighted by Gasteiger charge is -2.22.